The number of amides is 2. The second-order valence-electron chi connectivity index (χ2n) is 8.28. The van der Waals surface area contributed by atoms with E-state index in [4.69, 9.17) is 0 Å². The van der Waals surface area contributed by atoms with Gasteiger partial charge in [0.2, 0.25) is 11.8 Å². The number of benzene rings is 2. The molecule has 4 aromatic carbocycles. The van der Waals surface area contributed by atoms with Gasteiger partial charge in [-0.2, -0.15) is 36.4 Å². The number of halogens is 4. The first kappa shape index (κ1) is 35.5. The number of hydrogen-bond acceptors (Lipinski definition) is 2. The Morgan fingerprint density at radius 3 is 1.15 bits per heavy atom. The molecule has 4 rings (SSSR count). The topological polar surface area (TPSA) is 58.2 Å². The maximum absolute atomic E-state index is 13.0. The summed E-state index contributed by atoms with van der Waals surface area (Å²) in [5, 5.41) is 4.65. The molecule has 2 N–H and O–H groups in total. The van der Waals surface area contributed by atoms with Crippen LogP contribution in [-0.2, 0) is 31.3 Å². The van der Waals surface area contributed by atoms with E-state index in [-0.39, 0.29) is 56.7 Å². The first-order valence-corrected chi connectivity index (χ1v) is 11.7. The van der Waals surface area contributed by atoms with E-state index >= 15 is 0 Å². The van der Waals surface area contributed by atoms with Gasteiger partial charge in [-0.25, -0.2) is 41.8 Å². The third-order valence-corrected chi connectivity index (χ3v) is 4.40. The number of rotatable bonds is 4. The van der Waals surface area contributed by atoms with Crippen molar-refractivity contribution in [3.63, 3.8) is 0 Å². The van der Waals surface area contributed by atoms with Crippen LogP contribution in [0.3, 0.4) is 0 Å². The molecule has 0 atom stereocenters. The van der Waals surface area contributed by atoms with Gasteiger partial charge in [-0.15, -0.1) is 36.4 Å². The maximum atomic E-state index is 13.0. The van der Waals surface area contributed by atoms with Crippen molar-refractivity contribution in [1.82, 2.24) is 0 Å². The second-order valence-corrected chi connectivity index (χ2v) is 8.28. The molecular formula is C30H30F4N2O2Ti. The Balaban J connectivity index is 0.000000537. The van der Waals surface area contributed by atoms with Crippen LogP contribution >= 0.6 is 0 Å². The van der Waals surface area contributed by atoms with Gasteiger partial charge in [0.05, 0.1) is 0 Å². The van der Waals surface area contributed by atoms with E-state index in [1.807, 2.05) is 72.8 Å². The SMILES string of the molecule is CC(C)C(=O)Nc1ccc(F)[c-]c1F.CC(C)C(=O)Nc1ccc(F)[c-]c1F.[Ti+4].c1cc[cH-]c1.c1cc[cH-]c1. The third kappa shape index (κ3) is 15.5. The van der Waals surface area contributed by atoms with Crippen LogP contribution < -0.4 is 10.6 Å². The zero-order valence-corrected chi connectivity index (χ0v) is 23.6. The van der Waals surface area contributed by atoms with E-state index < -0.39 is 23.3 Å². The third-order valence-electron chi connectivity index (χ3n) is 4.40. The quantitative estimate of drug-likeness (QED) is 0.150. The Morgan fingerprint density at radius 1 is 0.641 bits per heavy atom. The Kier molecular flexibility index (Phi) is 17.8. The Bertz CT molecular complexity index is 1080. The molecule has 0 aromatic heterocycles. The van der Waals surface area contributed by atoms with E-state index in [0.717, 1.165) is 12.1 Å². The molecule has 204 valence electrons. The largest absolute Gasteiger partial charge is 4.00 e. The molecular weight excluding hydrogens is 544 g/mol. The fourth-order valence-corrected chi connectivity index (χ4v) is 2.28. The molecule has 9 heteroatoms. The first-order chi connectivity index (χ1) is 18.0. The zero-order chi connectivity index (χ0) is 28.5. The number of anilines is 2. The van der Waals surface area contributed by atoms with E-state index in [1.54, 1.807) is 27.7 Å². The molecule has 0 saturated heterocycles. The monoisotopic (exact) mass is 574 g/mol. The van der Waals surface area contributed by atoms with Crippen molar-refractivity contribution in [2.75, 3.05) is 10.6 Å². The van der Waals surface area contributed by atoms with Crippen molar-refractivity contribution in [2.24, 2.45) is 11.8 Å². The van der Waals surface area contributed by atoms with Gasteiger partial charge in [-0.05, 0) is 11.4 Å². The predicted octanol–water partition coefficient (Wildman–Crippen LogP) is 7.53. The van der Waals surface area contributed by atoms with Crippen LogP contribution in [0.5, 0.6) is 0 Å². The van der Waals surface area contributed by atoms with Gasteiger partial charge in [0.25, 0.3) is 0 Å². The van der Waals surface area contributed by atoms with Crippen molar-refractivity contribution in [1.29, 1.82) is 0 Å². The molecule has 39 heavy (non-hydrogen) atoms. The molecule has 0 fully saturated rings. The minimum Gasteiger partial charge on any atom is -0.377 e. The van der Waals surface area contributed by atoms with E-state index in [1.165, 1.54) is 12.1 Å². The van der Waals surface area contributed by atoms with Crippen molar-refractivity contribution >= 4 is 23.2 Å². The molecule has 4 nitrogen and oxygen atoms in total. The summed E-state index contributed by atoms with van der Waals surface area (Å²) >= 11 is 0. The molecule has 0 spiro atoms. The van der Waals surface area contributed by atoms with Crippen LogP contribution in [0.25, 0.3) is 0 Å². The summed E-state index contributed by atoms with van der Waals surface area (Å²) < 4.78 is 50.8. The molecule has 0 aliphatic rings. The molecule has 0 unspecified atom stereocenters. The summed E-state index contributed by atoms with van der Waals surface area (Å²) in [6, 6.07) is 28.1. The molecule has 0 heterocycles. The van der Waals surface area contributed by atoms with Gasteiger partial charge in [0, 0.05) is 35.1 Å². The van der Waals surface area contributed by atoms with Gasteiger partial charge < -0.3 is 10.6 Å². The van der Waals surface area contributed by atoms with Gasteiger partial charge in [-0.1, -0.05) is 27.7 Å². The van der Waals surface area contributed by atoms with Crippen LogP contribution in [0.15, 0.2) is 84.9 Å². The maximum Gasteiger partial charge on any atom is 4.00 e. The van der Waals surface area contributed by atoms with Crippen molar-refractivity contribution < 1.29 is 48.9 Å². The standard InChI is InChI=1S/2C10H10F2NO.2C5H5.Ti/c2*1-6(2)10(14)13-9-4-3-7(11)5-8(9)12;2*1-2-4-5-3-1;/h2*3-4,6H,1-2H3,(H,13,14);2*1-5H;/q4*-1;+4. The Labute approximate surface area is 242 Å². The van der Waals surface area contributed by atoms with E-state index in [9.17, 15) is 27.2 Å². The molecule has 0 aliphatic carbocycles. The fourth-order valence-electron chi connectivity index (χ4n) is 2.28. The first-order valence-electron chi connectivity index (χ1n) is 11.7. The number of carbonyl (C=O) groups is 2. The summed E-state index contributed by atoms with van der Waals surface area (Å²) in [5.74, 6) is -4.49. The van der Waals surface area contributed by atoms with Crippen LogP contribution in [-0.4, -0.2) is 11.8 Å². The molecule has 0 bridgehead atoms. The number of hydrogen-bond donors (Lipinski definition) is 2. The summed E-state index contributed by atoms with van der Waals surface area (Å²) in [5.41, 5.74) is -0.102. The summed E-state index contributed by atoms with van der Waals surface area (Å²) in [6.07, 6.45) is 0. The molecule has 0 saturated carbocycles. The Morgan fingerprint density at radius 2 is 0.949 bits per heavy atom. The molecule has 2 amide bonds. The number of nitrogens with one attached hydrogen (secondary N) is 2. The molecule has 0 radical (unpaired) electrons. The number of carbonyl (C=O) groups excluding carboxylic acids is 2. The van der Waals surface area contributed by atoms with Crippen LogP contribution in [0.4, 0.5) is 28.9 Å². The van der Waals surface area contributed by atoms with Crippen molar-refractivity contribution in [3.8, 4) is 0 Å². The van der Waals surface area contributed by atoms with Crippen molar-refractivity contribution in [2.45, 2.75) is 27.7 Å². The normalized spacial score (nSPS) is 9.49. The predicted molar refractivity (Wildman–Crippen MR) is 141 cm³/mol. The van der Waals surface area contributed by atoms with Crippen molar-refractivity contribution in [3.05, 3.63) is 120 Å². The summed E-state index contributed by atoms with van der Waals surface area (Å²) in [7, 11) is 0. The van der Waals surface area contributed by atoms with Gasteiger partial charge in [0.15, 0.2) is 0 Å². The average Bonchev–Trinajstić information content (AvgIpc) is 3.62. The fraction of sp³-hybridized carbons (Fsp3) is 0.200. The average molecular weight is 574 g/mol. The van der Waals surface area contributed by atoms with Crippen LogP contribution in [0, 0.1) is 47.2 Å². The summed E-state index contributed by atoms with van der Waals surface area (Å²) in [4.78, 5) is 22.3. The summed E-state index contributed by atoms with van der Waals surface area (Å²) in [6.45, 7) is 6.72. The van der Waals surface area contributed by atoms with Gasteiger partial charge >= 0.3 is 21.7 Å². The zero-order valence-electron chi connectivity index (χ0n) is 22.1. The minimum absolute atomic E-state index is 0. The molecule has 4 aromatic rings. The molecule has 0 aliphatic heterocycles. The van der Waals surface area contributed by atoms with Crippen LogP contribution in [0.1, 0.15) is 27.7 Å². The smallest absolute Gasteiger partial charge is 0.377 e. The van der Waals surface area contributed by atoms with E-state index in [0.29, 0.717) is 0 Å². The van der Waals surface area contributed by atoms with Gasteiger partial charge in [0.1, 0.15) is 0 Å². The second kappa shape index (κ2) is 19.6. The van der Waals surface area contributed by atoms with Crippen LogP contribution in [0.2, 0.25) is 0 Å². The Hall–Kier alpha value is -3.49. The van der Waals surface area contributed by atoms with E-state index in [2.05, 4.69) is 10.6 Å². The van der Waals surface area contributed by atoms with Gasteiger partial charge in [-0.3, -0.25) is 9.59 Å². The minimum atomic E-state index is -0.890.